The molecule has 0 fully saturated rings. The molecule has 0 bridgehead atoms. The Bertz CT molecular complexity index is 710. The van der Waals surface area contributed by atoms with Crippen LogP contribution in [0.25, 0.3) is 0 Å². The van der Waals surface area contributed by atoms with E-state index < -0.39 is 4.92 Å². The maximum Gasteiger partial charge on any atom is 0.270 e. The van der Waals surface area contributed by atoms with Crippen LogP contribution in [0.3, 0.4) is 0 Å². The molecule has 2 aromatic rings. The third kappa shape index (κ3) is 3.19. The molecule has 7 heteroatoms. The first kappa shape index (κ1) is 16.2. The molecule has 0 saturated carbocycles. The van der Waals surface area contributed by atoms with Gasteiger partial charge in [-0.05, 0) is 18.9 Å². The van der Waals surface area contributed by atoms with Gasteiger partial charge in [0.2, 0.25) is 0 Å². The summed E-state index contributed by atoms with van der Waals surface area (Å²) in [5, 5.41) is 11.6. The van der Waals surface area contributed by atoms with Crippen LogP contribution in [-0.4, -0.2) is 20.8 Å². The minimum Gasteiger partial charge on any atom is -0.325 e. The topological polar surface area (TPSA) is 78.0 Å². The van der Waals surface area contributed by atoms with Crippen LogP contribution in [-0.2, 0) is 6.54 Å². The Morgan fingerprint density at radius 3 is 2.73 bits per heavy atom. The Morgan fingerprint density at radius 2 is 2.18 bits per heavy atom. The Kier molecular flexibility index (Phi) is 4.97. The smallest absolute Gasteiger partial charge is 0.270 e. The molecule has 6 nitrogen and oxygen atoms in total. The highest BCUT2D eigenvalue weighted by molar-refractivity contribution is 7.99. The lowest BCUT2D eigenvalue weighted by atomic mass is 10.1. The number of nitro benzene ring substituents is 1. The quantitative estimate of drug-likeness (QED) is 0.458. The van der Waals surface area contributed by atoms with Gasteiger partial charge in [-0.1, -0.05) is 31.7 Å². The standard InChI is InChI=1S/C15H17N3O3S/c1-4-17-13(9-19)16-15(14(17)10(2)3)22-12-7-5-6-11(8-12)18(20)21/h5-10H,4H2,1-3H3. The van der Waals surface area contributed by atoms with Crippen molar-refractivity contribution in [2.75, 3.05) is 0 Å². The van der Waals surface area contributed by atoms with E-state index in [0.29, 0.717) is 12.4 Å². The number of hydrogen-bond acceptors (Lipinski definition) is 5. The van der Waals surface area contributed by atoms with Crippen molar-refractivity contribution >= 4 is 23.7 Å². The fourth-order valence-corrected chi connectivity index (χ4v) is 3.43. The molecular weight excluding hydrogens is 302 g/mol. The number of rotatable bonds is 6. The Hall–Kier alpha value is -2.15. The lowest BCUT2D eigenvalue weighted by Gasteiger charge is -2.11. The molecule has 0 aliphatic rings. The molecule has 22 heavy (non-hydrogen) atoms. The van der Waals surface area contributed by atoms with Crippen molar-refractivity contribution in [1.82, 2.24) is 9.55 Å². The van der Waals surface area contributed by atoms with Gasteiger partial charge in [-0.25, -0.2) is 4.98 Å². The second-order valence-electron chi connectivity index (χ2n) is 5.03. The second kappa shape index (κ2) is 6.74. The molecule has 0 N–H and O–H groups in total. The van der Waals surface area contributed by atoms with Gasteiger partial charge in [0.05, 0.1) is 10.6 Å². The van der Waals surface area contributed by atoms with Gasteiger partial charge in [0.1, 0.15) is 5.03 Å². The fourth-order valence-electron chi connectivity index (χ4n) is 2.29. The minimum atomic E-state index is -0.422. The first-order valence-corrected chi connectivity index (χ1v) is 7.77. The average molecular weight is 319 g/mol. The van der Waals surface area contributed by atoms with Crippen molar-refractivity contribution in [3.05, 3.63) is 45.9 Å². The van der Waals surface area contributed by atoms with Crippen LogP contribution in [0.4, 0.5) is 5.69 Å². The van der Waals surface area contributed by atoms with E-state index in [1.807, 2.05) is 25.3 Å². The molecule has 1 aromatic heterocycles. The Labute approximate surface area is 132 Å². The first-order chi connectivity index (χ1) is 10.5. The number of imidazole rings is 1. The van der Waals surface area contributed by atoms with E-state index in [0.717, 1.165) is 21.9 Å². The van der Waals surface area contributed by atoms with Crippen LogP contribution in [0.2, 0.25) is 0 Å². The van der Waals surface area contributed by atoms with Gasteiger partial charge in [-0.3, -0.25) is 14.9 Å². The van der Waals surface area contributed by atoms with Crippen molar-refractivity contribution in [3.8, 4) is 0 Å². The number of aldehydes is 1. The van der Waals surface area contributed by atoms with E-state index in [1.54, 1.807) is 12.1 Å². The van der Waals surface area contributed by atoms with Gasteiger partial charge in [0.25, 0.3) is 5.69 Å². The van der Waals surface area contributed by atoms with E-state index in [2.05, 4.69) is 4.98 Å². The highest BCUT2D eigenvalue weighted by Crippen LogP contribution is 2.35. The molecule has 1 aromatic carbocycles. The van der Waals surface area contributed by atoms with E-state index >= 15 is 0 Å². The van der Waals surface area contributed by atoms with E-state index in [9.17, 15) is 14.9 Å². The number of non-ortho nitro benzene ring substituents is 1. The zero-order valence-electron chi connectivity index (χ0n) is 12.6. The summed E-state index contributed by atoms with van der Waals surface area (Å²) in [6.45, 7) is 6.69. The maximum absolute atomic E-state index is 11.2. The monoisotopic (exact) mass is 319 g/mol. The number of carbonyl (C=O) groups is 1. The van der Waals surface area contributed by atoms with Crippen molar-refractivity contribution in [1.29, 1.82) is 0 Å². The Balaban J connectivity index is 2.45. The van der Waals surface area contributed by atoms with Gasteiger partial charge >= 0.3 is 0 Å². The number of carbonyl (C=O) groups excluding carboxylic acids is 1. The number of nitro groups is 1. The van der Waals surface area contributed by atoms with Crippen molar-refractivity contribution in [2.24, 2.45) is 0 Å². The van der Waals surface area contributed by atoms with Crippen molar-refractivity contribution in [3.63, 3.8) is 0 Å². The number of aromatic nitrogens is 2. The molecule has 0 saturated heterocycles. The molecular formula is C15H17N3O3S. The summed E-state index contributed by atoms with van der Waals surface area (Å²) in [5.74, 6) is 0.585. The highest BCUT2D eigenvalue weighted by atomic mass is 32.2. The Morgan fingerprint density at radius 1 is 1.45 bits per heavy atom. The lowest BCUT2D eigenvalue weighted by molar-refractivity contribution is -0.385. The maximum atomic E-state index is 11.2. The van der Waals surface area contributed by atoms with E-state index in [4.69, 9.17) is 0 Å². The van der Waals surface area contributed by atoms with E-state index in [1.165, 1.54) is 23.9 Å². The molecule has 116 valence electrons. The molecule has 0 unspecified atom stereocenters. The third-order valence-corrected chi connectivity index (χ3v) is 4.20. The third-order valence-electron chi connectivity index (χ3n) is 3.21. The SMILES string of the molecule is CCn1c(C=O)nc(Sc2cccc([N+](=O)[O-])c2)c1C(C)C. The summed E-state index contributed by atoms with van der Waals surface area (Å²) >= 11 is 1.34. The number of hydrogen-bond donors (Lipinski definition) is 0. The number of benzene rings is 1. The van der Waals surface area contributed by atoms with Crippen LogP contribution in [0.1, 0.15) is 43.0 Å². The van der Waals surface area contributed by atoms with E-state index in [-0.39, 0.29) is 11.6 Å². The summed E-state index contributed by atoms with van der Waals surface area (Å²) in [4.78, 5) is 26.7. The normalized spacial score (nSPS) is 10.9. The molecule has 0 aliphatic carbocycles. The average Bonchev–Trinajstić information content (AvgIpc) is 2.85. The summed E-state index contributed by atoms with van der Waals surface area (Å²) in [7, 11) is 0. The molecule has 1 heterocycles. The lowest BCUT2D eigenvalue weighted by Crippen LogP contribution is -2.06. The molecule has 0 amide bonds. The van der Waals surface area contributed by atoms with Crippen LogP contribution < -0.4 is 0 Å². The zero-order valence-corrected chi connectivity index (χ0v) is 13.5. The largest absolute Gasteiger partial charge is 0.325 e. The van der Waals surface area contributed by atoms with Gasteiger partial charge in [-0.2, -0.15) is 0 Å². The molecule has 2 rings (SSSR count). The molecule has 0 radical (unpaired) electrons. The van der Waals surface area contributed by atoms with Crippen LogP contribution >= 0.6 is 11.8 Å². The fraction of sp³-hybridized carbons (Fsp3) is 0.333. The molecule has 0 aliphatic heterocycles. The van der Waals surface area contributed by atoms with Gasteiger partial charge in [0, 0.05) is 23.6 Å². The second-order valence-corrected chi connectivity index (χ2v) is 6.10. The summed E-state index contributed by atoms with van der Waals surface area (Å²) in [5.41, 5.74) is 1.02. The summed E-state index contributed by atoms with van der Waals surface area (Å²) < 4.78 is 1.89. The van der Waals surface area contributed by atoms with Gasteiger partial charge in [-0.15, -0.1) is 0 Å². The van der Waals surface area contributed by atoms with Gasteiger partial charge < -0.3 is 4.57 Å². The summed E-state index contributed by atoms with van der Waals surface area (Å²) in [6, 6.07) is 6.41. The van der Waals surface area contributed by atoms with Gasteiger partial charge in [0.15, 0.2) is 12.1 Å². The number of nitrogens with zero attached hydrogens (tertiary/aromatic N) is 3. The predicted octanol–water partition coefficient (Wildman–Crippen LogP) is 3.90. The van der Waals surface area contributed by atoms with Crippen molar-refractivity contribution in [2.45, 2.75) is 43.2 Å². The van der Waals surface area contributed by atoms with Crippen LogP contribution in [0.5, 0.6) is 0 Å². The minimum absolute atomic E-state index is 0.0432. The van der Waals surface area contributed by atoms with Crippen LogP contribution in [0, 0.1) is 10.1 Å². The van der Waals surface area contributed by atoms with Crippen LogP contribution in [0.15, 0.2) is 34.2 Å². The zero-order chi connectivity index (χ0) is 16.3. The molecule has 0 spiro atoms. The first-order valence-electron chi connectivity index (χ1n) is 6.95. The molecule has 0 atom stereocenters. The summed E-state index contributed by atoms with van der Waals surface area (Å²) in [6.07, 6.45) is 0.743. The predicted molar refractivity (Wildman–Crippen MR) is 84.6 cm³/mol. The highest BCUT2D eigenvalue weighted by Gasteiger charge is 2.20. The van der Waals surface area contributed by atoms with Crippen molar-refractivity contribution < 1.29 is 9.72 Å².